The molecular weight excluding hydrogens is 200 g/mol. The van der Waals surface area contributed by atoms with E-state index in [-0.39, 0.29) is 11.9 Å². The van der Waals surface area contributed by atoms with Gasteiger partial charge in [0, 0.05) is 6.54 Å². The first-order valence-electron chi connectivity index (χ1n) is 6.32. The molecule has 3 nitrogen and oxygen atoms in total. The van der Waals surface area contributed by atoms with E-state index in [2.05, 4.69) is 39.9 Å². The molecule has 16 heavy (non-hydrogen) atoms. The van der Waals surface area contributed by atoms with Crippen LogP contribution in [0, 0.1) is 11.3 Å². The number of hydrogen-bond acceptors (Lipinski definition) is 2. The Labute approximate surface area is 99.6 Å². The monoisotopic (exact) mass is 226 g/mol. The number of rotatable bonds is 4. The van der Waals surface area contributed by atoms with E-state index in [1.54, 1.807) is 0 Å². The number of carbonyl (C=O) groups is 1. The third kappa shape index (κ3) is 4.12. The zero-order valence-corrected chi connectivity index (χ0v) is 11.3. The average molecular weight is 226 g/mol. The van der Waals surface area contributed by atoms with Crippen molar-refractivity contribution >= 4 is 5.91 Å². The number of nitrogens with zero attached hydrogens (tertiary/aromatic N) is 1. The van der Waals surface area contributed by atoms with Gasteiger partial charge in [0.15, 0.2) is 0 Å². The summed E-state index contributed by atoms with van der Waals surface area (Å²) in [6, 6.07) is 0.0555. The minimum absolute atomic E-state index is 0.0555. The number of amides is 1. The van der Waals surface area contributed by atoms with Gasteiger partial charge in [0.05, 0.1) is 12.7 Å². The lowest BCUT2D eigenvalue weighted by atomic mass is 9.92. The molecule has 1 rings (SSSR count). The second-order valence-corrected chi connectivity index (χ2v) is 6.46. The van der Waals surface area contributed by atoms with E-state index in [1.165, 1.54) is 0 Å². The third-order valence-corrected chi connectivity index (χ3v) is 2.98. The van der Waals surface area contributed by atoms with Gasteiger partial charge in [0.1, 0.15) is 0 Å². The van der Waals surface area contributed by atoms with Crippen LogP contribution in [0.4, 0.5) is 0 Å². The zero-order valence-electron chi connectivity index (χ0n) is 11.3. The molecule has 1 unspecified atom stereocenters. The molecule has 94 valence electrons. The van der Waals surface area contributed by atoms with Crippen molar-refractivity contribution in [2.45, 2.75) is 53.5 Å². The first-order valence-corrected chi connectivity index (χ1v) is 6.32. The lowest BCUT2D eigenvalue weighted by Crippen LogP contribution is -2.33. The molecule has 1 N–H and O–H groups in total. The highest BCUT2D eigenvalue weighted by atomic mass is 16.2. The SMILES string of the molecule is CC(C)CC1NCN(CCC(C)(C)C)C1=O. The first kappa shape index (κ1) is 13.5. The molecule has 0 aromatic rings. The van der Waals surface area contributed by atoms with Crippen molar-refractivity contribution in [1.82, 2.24) is 10.2 Å². The summed E-state index contributed by atoms with van der Waals surface area (Å²) in [4.78, 5) is 14.0. The summed E-state index contributed by atoms with van der Waals surface area (Å²) in [5.74, 6) is 0.863. The maximum atomic E-state index is 12.0. The van der Waals surface area contributed by atoms with Gasteiger partial charge in [-0.15, -0.1) is 0 Å². The van der Waals surface area contributed by atoms with Gasteiger partial charge in [-0.25, -0.2) is 0 Å². The lowest BCUT2D eigenvalue weighted by Gasteiger charge is -2.23. The van der Waals surface area contributed by atoms with Gasteiger partial charge in [-0.1, -0.05) is 34.6 Å². The molecule has 1 amide bonds. The molecular formula is C13H26N2O. The van der Waals surface area contributed by atoms with Crippen molar-refractivity contribution in [2.24, 2.45) is 11.3 Å². The highest BCUT2D eigenvalue weighted by Gasteiger charge is 2.31. The van der Waals surface area contributed by atoms with Gasteiger partial charge in [-0.2, -0.15) is 0 Å². The van der Waals surface area contributed by atoms with E-state index < -0.39 is 0 Å². The average Bonchev–Trinajstić information content (AvgIpc) is 2.43. The van der Waals surface area contributed by atoms with Gasteiger partial charge in [0.2, 0.25) is 5.91 Å². The Balaban J connectivity index is 2.39. The Morgan fingerprint density at radius 2 is 2.06 bits per heavy atom. The van der Waals surface area contributed by atoms with Crippen LogP contribution >= 0.6 is 0 Å². The molecule has 0 radical (unpaired) electrons. The third-order valence-electron chi connectivity index (χ3n) is 2.98. The maximum Gasteiger partial charge on any atom is 0.240 e. The van der Waals surface area contributed by atoms with E-state index in [4.69, 9.17) is 0 Å². The quantitative estimate of drug-likeness (QED) is 0.797. The fourth-order valence-electron chi connectivity index (χ4n) is 1.92. The minimum atomic E-state index is 0.0555. The van der Waals surface area contributed by atoms with Crippen molar-refractivity contribution in [3.05, 3.63) is 0 Å². The second-order valence-electron chi connectivity index (χ2n) is 6.46. The molecule has 1 aliphatic rings. The van der Waals surface area contributed by atoms with Gasteiger partial charge >= 0.3 is 0 Å². The molecule has 1 heterocycles. The lowest BCUT2D eigenvalue weighted by molar-refractivity contribution is -0.129. The molecule has 1 fully saturated rings. The van der Waals surface area contributed by atoms with Gasteiger partial charge < -0.3 is 4.90 Å². The molecule has 1 aliphatic heterocycles. The summed E-state index contributed by atoms with van der Waals surface area (Å²) in [6.45, 7) is 12.6. The van der Waals surface area contributed by atoms with Crippen LogP contribution in [0.5, 0.6) is 0 Å². The van der Waals surface area contributed by atoms with Crippen LogP contribution in [-0.4, -0.2) is 30.1 Å². The van der Waals surface area contributed by atoms with Crippen LogP contribution in [0.2, 0.25) is 0 Å². The summed E-state index contributed by atoms with van der Waals surface area (Å²) in [6.07, 6.45) is 2.01. The number of nitrogens with one attached hydrogen (secondary N) is 1. The molecule has 0 saturated carbocycles. The molecule has 1 atom stereocenters. The Kier molecular flexibility index (Phi) is 4.36. The number of hydrogen-bond donors (Lipinski definition) is 1. The second kappa shape index (κ2) is 5.17. The Morgan fingerprint density at radius 3 is 2.56 bits per heavy atom. The standard InChI is InChI=1S/C13H26N2O/c1-10(2)8-11-12(16)15(9-14-11)7-6-13(3,4)5/h10-11,14H,6-9H2,1-5H3. The molecule has 0 bridgehead atoms. The minimum Gasteiger partial charge on any atom is -0.329 e. The fraction of sp³-hybridized carbons (Fsp3) is 0.923. The Morgan fingerprint density at radius 1 is 1.44 bits per heavy atom. The van der Waals surface area contributed by atoms with Crippen LogP contribution in [0.25, 0.3) is 0 Å². The van der Waals surface area contributed by atoms with Gasteiger partial charge in [0.25, 0.3) is 0 Å². The largest absolute Gasteiger partial charge is 0.329 e. The van der Waals surface area contributed by atoms with Crippen LogP contribution in [0.1, 0.15) is 47.5 Å². The smallest absolute Gasteiger partial charge is 0.240 e. The topological polar surface area (TPSA) is 32.3 Å². The summed E-state index contributed by atoms with van der Waals surface area (Å²) in [5, 5.41) is 3.30. The van der Waals surface area contributed by atoms with Crippen LogP contribution in [-0.2, 0) is 4.79 Å². The van der Waals surface area contributed by atoms with Crippen LogP contribution in [0.3, 0.4) is 0 Å². The normalized spacial score (nSPS) is 22.2. The van der Waals surface area contributed by atoms with Gasteiger partial charge in [-0.3, -0.25) is 10.1 Å². The van der Waals surface area contributed by atoms with E-state index in [9.17, 15) is 4.79 Å². The number of carbonyl (C=O) groups excluding carboxylic acids is 1. The summed E-state index contributed by atoms with van der Waals surface area (Å²) >= 11 is 0. The van der Waals surface area contributed by atoms with Crippen LogP contribution < -0.4 is 5.32 Å². The summed E-state index contributed by atoms with van der Waals surface area (Å²) in [7, 11) is 0. The molecule has 0 spiro atoms. The van der Waals surface area contributed by atoms with Gasteiger partial charge in [-0.05, 0) is 24.2 Å². The molecule has 0 aliphatic carbocycles. The summed E-state index contributed by atoms with van der Waals surface area (Å²) in [5.41, 5.74) is 0.302. The van der Waals surface area contributed by atoms with Crippen molar-refractivity contribution in [3.63, 3.8) is 0 Å². The van der Waals surface area contributed by atoms with Crippen molar-refractivity contribution < 1.29 is 4.79 Å². The predicted octanol–water partition coefficient (Wildman–Crippen LogP) is 2.23. The highest BCUT2D eigenvalue weighted by Crippen LogP contribution is 2.20. The maximum absolute atomic E-state index is 12.0. The van der Waals surface area contributed by atoms with E-state index in [0.717, 1.165) is 26.1 Å². The van der Waals surface area contributed by atoms with E-state index >= 15 is 0 Å². The van der Waals surface area contributed by atoms with Crippen molar-refractivity contribution in [2.75, 3.05) is 13.2 Å². The van der Waals surface area contributed by atoms with E-state index in [0.29, 0.717) is 11.3 Å². The molecule has 1 saturated heterocycles. The molecule has 0 aromatic heterocycles. The Hall–Kier alpha value is -0.570. The summed E-state index contributed by atoms with van der Waals surface area (Å²) < 4.78 is 0. The van der Waals surface area contributed by atoms with Crippen LogP contribution in [0.15, 0.2) is 0 Å². The zero-order chi connectivity index (χ0) is 12.3. The Bertz CT molecular complexity index is 243. The molecule has 3 heteroatoms. The molecule has 0 aromatic carbocycles. The highest BCUT2D eigenvalue weighted by molar-refractivity contribution is 5.83. The first-order chi connectivity index (χ1) is 7.29. The van der Waals surface area contributed by atoms with Crippen molar-refractivity contribution in [3.8, 4) is 0 Å². The van der Waals surface area contributed by atoms with E-state index in [1.807, 2.05) is 4.90 Å². The fourth-order valence-corrected chi connectivity index (χ4v) is 1.92. The van der Waals surface area contributed by atoms with Crippen molar-refractivity contribution in [1.29, 1.82) is 0 Å². The predicted molar refractivity (Wildman–Crippen MR) is 67.0 cm³/mol.